The molecular weight excluding hydrogens is 546 g/mol. The topological polar surface area (TPSA) is 112 Å². The number of fused-ring (bicyclic) bond motifs is 1. The Morgan fingerprint density at radius 3 is 2.40 bits per heavy atom. The highest BCUT2D eigenvalue weighted by Gasteiger charge is 2.26. The third-order valence-corrected chi connectivity index (χ3v) is 6.91. The number of benzene rings is 2. The van der Waals surface area contributed by atoms with Crippen molar-refractivity contribution in [1.82, 2.24) is 20.1 Å². The largest absolute Gasteiger partial charge is 0.497 e. The quantitative estimate of drug-likeness (QED) is 0.267. The number of carbonyl (C=O) groups is 1. The summed E-state index contributed by atoms with van der Waals surface area (Å²) < 4.78 is 47.4. The highest BCUT2D eigenvalue weighted by molar-refractivity contribution is 6.05. The van der Waals surface area contributed by atoms with Crippen LogP contribution in [0.4, 0.5) is 20.3 Å². The number of amides is 1. The zero-order chi connectivity index (χ0) is 29.8. The van der Waals surface area contributed by atoms with Gasteiger partial charge in [-0.05, 0) is 36.6 Å². The van der Waals surface area contributed by atoms with E-state index in [0.717, 1.165) is 30.3 Å². The fourth-order valence-electron chi connectivity index (χ4n) is 4.83. The Hall–Kier alpha value is -4.89. The molecule has 5 rings (SSSR count). The molecule has 3 N–H and O–H groups in total. The van der Waals surface area contributed by atoms with Gasteiger partial charge in [-0.2, -0.15) is 5.10 Å². The number of anilines is 2. The third-order valence-electron chi connectivity index (χ3n) is 6.91. The first kappa shape index (κ1) is 28.6. The molecule has 0 saturated carbocycles. The van der Waals surface area contributed by atoms with E-state index in [9.17, 15) is 4.79 Å². The standard InChI is InChI=1S/C30H30F2N6O4/c1-17(39)36-23-16-35-30(34-14-18-5-7-20(40-2)8-6-18)26-22(37-38(29(23)26)19-11-12-33-15-19)10-9-21-27(31)24(41-3)13-25(42-4)28(21)32/h5-8,13,16,19,33H,11-12,14-15H2,1-4H3,(H,34,35)(H,36,39). The number of pyridine rings is 1. The second-order valence-corrected chi connectivity index (χ2v) is 9.60. The van der Waals surface area contributed by atoms with E-state index in [-0.39, 0.29) is 29.1 Å². The van der Waals surface area contributed by atoms with E-state index in [4.69, 9.17) is 19.3 Å². The van der Waals surface area contributed by atoms with Gasteiger partial charge in [0.05, 0.1) is 50.2 Å². The Morgan fingerprint density at radius 2 is 1.81 bits per heavy atom. The van der Waals surface area contributed by atoms with Crippen molar-refractivity contribution in [3.8, 4) is 29.1 Å². The molecule has 10 nitrogen and oxygen atoms in total. The molecule has 1 aliphatic rings. The molecule has 1 unspecified atom stereocenters. The molecule has 218 valence electrons. The number of hydrogen-bond acceptors (Lipinski definition) is 8. The monoisotopic (exact) mass is 576 g/mol. The van der Waals surface area contributed by atoms with Crippen molar-refractivity contribution in [3.63, 3.8) is 0 Å². The van der Waals surface area contributed by atoms with Crippen molar-refractivity contribution in [1.29, 1.82) is 0 Å². The van der Waals surface area contributed by atoms with Gasteiger partial charge in [0.15, 0.2) is 23.1 Å². The first-order valence-corrected chi connectivity index (χ1v) is 13.2. The van der Waals surface area contributed by atoms with Crippen LogP contribution in [0.2, 0.25) is 0 Å². The lowest BCUT2D eigenvalue weighted by molar-refractivity contribution is -0.114. The lowest BCUT2D eigenvalue weighted by Gasteiger charge is -2.15. The highest BCUT2D eigenvalue weighted by atomic mass is 19.1. The van der Waals surface area contributed by atoms with E-state index >= 15 is 8.78 Å². The summed E-state index contributed by atoms with van der Waals surface area (Å²) in [6, 6.07) is 8.63. The van der Waals surface area contributed by atoms with Crippen LogP contribution in [0.25, 0.3) is 10.9 Å². The number of methoxy groups -OCH3 is 3. The summed E-state index contributed by atoms with van der Waals surface area (Å²) in [4.78, 5) is 16.7. The minimum atomic E-state index is -0.957. The van der Waals surface area contributed by atoms with Gasteiger partial charge in [0, 0.05) is 26.1 Å². The number of nitrogens with zero attached hydrogens (tertiary/aromatic N) is 3. The Labute approximate surface area is 241 Å². The molecule has 1 saturated heterocycles. The maximum Gasteiger partial charge on any atom is 0.221 e. The van der Waals surface area contributed by atoms with Gasteiger partial charge in [-0.25, -0.2) is 13.8 Å². The van der Waals surface area contributed by atoms with Gasteiger partial charge < -0.3 is 30.2 Å². The van der Waals surface area contributed by atoms with Crippen LogP contribution in [-0.2, 0) is 11.3 Å². The predicted molar refractivity (Wildman–Crippen MR) is 154 cm³/mol. The van der Waals surface area contributed by atoms with Crippen molar-refractivity contribution in [2.24, 2.45) is 0 Å². The molecule has 1 fully saturated rings. The summed E-state index contributed by atoms with van der Waals surface area (Å²) in [6.07, 6.45) is 2.35. The van der Waals surface area contributed by atoms with Gasteiger partial charge >= 0.3 is 0 Å². The molecule has 2 aromatic heterocycles. The van der Waals surface area contributed by atoms with Gasteiger partial charge in [0.25, 0.3) is 0 Å². The van der Waals surface area contributed by atoms with E-state index in [1.165, 1.54) is 21.1 Å². The van der Waals surface area contributed by atoms with Crippen molar-refractivity contribution in [2.45, 2.75) is 25.9 Å². The van der Waals surface area contributed by atoms with Crippen molar-refractivity contribution < 1.29 is 27.8 Å². The summed E-state index contributed by atoms with van der Waals surface area (Å²) in [6.45, 7) is 3.25. The number of carbonyl (C=O) groups excluding carboxylic acids is 1. The molecule has 0 aliphatic carbocycles. The number of halogens is 2. The fourth-order valence-corrected chi connectivity index (χ4v) is 4.83. The molecule has 0 radical (unpaired) electrons. The predicted octanol–water partition coefficient (Wildman–Crippen LogP) is 4.24. The summed E-state index contributed by atoms with van der Waals surface area (Å²) in [5, 5.41) is 14.8. The van der Waals surface area contributed by atoms with Crippen molar-refractivity contribution in [2.75, 3.05) is 45.1 Å². The van der Waals surface area contributed by atoms with E-state index in [2.05, 4.69) is 32.8 Å². The summed E-state index contributed by atoms with van der Waals surface area (Å²) in [5.41, 5.74) is 1.72. The minimum absolute atomic E-state index is 0.0437. The van der Waals surface area contributed by atoms with Crippen LogP contribution in [0.1, 0.15) is 36.2 Å². The second-order valence-electron chi connectivity index (χ2n) is 9.60. The molecule has 0 spiro atoms. The molecule has 2 aromatic carbocycles. The Bertz CT molecular complexity index is 1660. The molecule has 0 bridgehead atoms. The number of rotatable bonds is 8. The molecule has 3 heterocycles. The Morgan fingerprint density at radius 1 is 1.10 bits per heavy atom. The molecule has 42 heavy (non-hydrogen) atoms. The van der Waals surface area contributed by atoms with Crippen molar-refractivity contribution >= 4 is 28.3 Å². The molecule has 1 atom stereocenters. The van der Waals surface area contributed by atoms with E-state index < -0.39 is 17.2 Å². The van der Waals surface area contributed by atoms with Gasteiger partial charge in [-0.1, -0.05) is 18.1 Å². The zero-order valence-electron chi connectivity index (χ0n) is 23.6. The van der Waals surface area contributed by atoms with Crippen LogP contribution >= 0.6 is 0 Å². The van der Waals surface area contributed by atoms with Crippen LogP contribution in [-0.4, -0.2) is 55.1 Å². The van der Waals surface area contributed by atoms with Crippen LogP contribution in [0, 0.1) is 23.5 Å². The van der Waals surface area contributed by atoms with Crippen molar-refractivity contribution in [3.05, 3.63) is 65.0 Å². The normalized spacial score (nSPS) is 14.3. The molecular formula is C30H30F2N6O4. The van der Waals surface area contributed by atoms with Gasteiger partial charge in [0.1, 0.15) is 22.8 Å². The number of hydrogen-bond donors (Lipinski definition) is 3. The average molecular weight is 577 g/mol. The maximum atomic E-state index is 15.1. The lowest BCUT2D eigenvalue weighted by atomic mass is 10.1. The molecule has 1 amide bonds. The van der Waals surface area contributed by atoms with Gasteiger partial charge in [0.2, 0.25) is 5.91 Å². The SMILES string of the molecule is COc1ccc(CNc2ncc(NC(C)=O)c3c2c(C#Cc2c(F)c(OC)cc(OC)c2F)nn3C2CCNC2)cc1. The minimum Gasteiger partial charge on any atom is -0.497 e. The summed E-state index contributed by atoms with van der Waals surface area (Å²) in [7, 11) is 4.14. The molecule has 1 aliphatic heterocycles. The smallest absolute Gasteiger partial charge is 0.221 e. The highest BCUT2D eigenvalue weighted by Crippen LogP contribution is 2.35. The van der Waals surface area contributed by atoms with Gasteiger partial charge in [-0.15, -0.1) is 0 Å². The average Bonchev–Trinajstić information content (AvgIpc) is 3.66. The Balaban J connectivity index is 1.68. The summed E-state index contributed by atoms with van der Waals surface area (Å²) in [5.74, 6) is 4.04. The first-order valence-electron chi connectivity index (χ1n) is 13.2. The van der Waals surface area contributed by atoms with Crippen LogP contribution in [0.3, 0.4) is 0 Å². The number of ether oxygens (including phenoxy) is 3. The number of aromatic nitrogens is 3. The third kappa shape index (κ3) is 5.64. The first-order chi connectivity index (χ1) is 20.3. The van der Waals surface area contributed by atoms with Crippen LogP contribution in [0.15, 0.2) is 36.5 Å². The molecule has 12 heteroatoms. The summed E-state index contributed by atoms with van der Waals surface area (Å²) >= 11 is 0. The van der Waals surface area contributed by atoms with E-state index in [1.54, 1.807) is 18.0 Å². The van der Waals surface area contributed by atoms with Crippen LogP contribution < -0.4 is 30.2 Å². The Kier molecular flexibility index (Phi) is 8.40. The molecule has 4 aromatic rings. The van der Waals surface area contributed by atoms with E-state index in [0.29, 0.717) is 35.5 Å². The van der Waals surface area contributed by atoms with E-state index in [1.807, 2.05) is 24.3 Å². The zero-order valence-corrected chi connectivity index (χ0v) is 23.6. The number of nitrogens with one attached hydrogen (secondary N) is 3. The van der Waals surface area contributed by atoms with Gasteiger partial charge in [-0.3, -0.25) is 9.48 Å². The fraction of sp³-hybridized carbons (Fsp3) is 0.300. The maximum absolute atomic E-state index is 15.1. The lowest BCUT2D eigenvalue weighted by Crippen LogP contribution is -2.16. The van der Waals surface area contributed by atoms with Crippen LogP contribution in [0.5, 0.6) is 17.2 Å². The second kappa shape index (κ2) is 12.3.